The lowest BCUT2D eigenvalue weighted by atomic mass is 10.2. The van der Waals surface area contributed by atoms with E-state index in [0.717, 1.165) is 29.5 Å². The highest BCUT2D eigenvalue weighted by atomic mass is 32.2. The van der Waals surface area contributed by atoms with Crippen molar-refractivity contribution in [1.29, 1.82) is 0 Å². The van der Waals surface area contributed by atoms with Crippen LogP contribution in [0.2, 0.25) is 0 Å². The van der Waals surface area contributed by atoms with E-state index in [1.807, 2.05) is 30.0 Å². The molecule has 0 aromatic heterocycles. The maximum atomic E-state index is 5.20. The van der Waals surface area contributed by atoms with Gasteiger partial charge in [-0.05, 0) is 24.6 Å². The standard InChI is InChI=1S/C17H21NOS/c1-14-6-8-15(9-7-14)13-20-11-10-18-16-4-3-5-17(12-16)19-2/h3-9,12,18H,10-11,13H2,1-2H3. The first kappa shape index (κ1) is 14.8. The minimum absolute atomic E-state index is 0.891. The van der Waals surface area contributed by atoms with Gasteiger partial charge in [0.15, 0.2) is 0 Å². The zero-order chi connectivity index (χ0) is 14.2. The van der Waals surface area contributed by atoms with Gasteiger partial charge in [0.05, 0.1) is 7.11 Å². The second-order valence-corrected chi connectivity index (χ2v) is 5.80. The first-order chi connectivity index (χ1) is 9.78. The molecule has 2 aromatic rings. The summed E-state index contributed by atoms with van der Waals surface area (Å²) in [5, 5.41) is 3.41. The number of hydrogen-bond donors (Lipinski definition) is 1. The van der Waals surface area contributed by atoms with Gasteiger partial charge in [-0.3, -0.25) is 0 Å². The summed E-state index contributed by atoms with van der Waals surface area (Å²) in [6.45, 7) is 3.08. The van der Waals surface area contributed by atoms with Crippen molar-refractivity contribution in [1.82, 2.24) is 0 Å². The SMILES string of the molecule is COc1cccc(NCCSCc2ccc(C)cc2)c1. The quantitative estimate of drug-likeness (QED) is 0.765. The second-order valence-electron chi connectivity index (χ2n) is 4.70. The van der Waals surface area contributed by atoms with Gasteiger partial charge in [-0.15, -0.1) is 0 Å². The van der Waals surface area contributed by atoms with Gasteiger partial charge in [0.2, 0.25) is 0 Å². The Labute approximate surface area is 125 Å². The summed E-state index contributed by atoms with van der Waals surface area (Å²) >= 11 is 1.95. The molecular weight excluding hydrogens is 266 g/mol. The van der Waals surface area contributed by atoms with E-state index in [0.29, 0.717) is 0 Å². The number of hydrogen-bond acceptors (Lipinski definition) is 3. The average molecular weight is 287 g/mol. The van der Waals surface area contributed by atoms with Crippen LogP contribution in [-0.4, -0.2) is 19.4 Å². The first-order valence-corrected chi connectivity index (χ1v) is 7.94. The predicted molar refractivity (Wildman–Crippen MR) is 88.8 cm³/mol. The van der Waals surface area contributed by atoms with E-state index in [4.69, 9.17) is 4.74 Å². The molecule has 0 heterocycles. The average Bonchev–Trinajstić information content (AvgIpc) is 2.49. The Morgan fingerprint density at radius 3 is 2.65 bits per heavy atom. The molecule has 106 valence electrons. The van der Waals surface area contributed by atoms with Crippen LogP contribution in [0.3, 0.4) is 0 Å². The van der Waals surface area contributed by atoms with Crippen molar-refractivity contribution < 1.29 is 4.74 Å². The first-order valence-electron chi connectivity index (χ1n) is 6.79. The highest BCUT2D eigenvalue weighted by molar-refractivity contribution is 7.98. The van der Waals surface area contributed by atoms with Crippen molar-refractivity contribution in [3.8, 4) is 5.75 Å². The topological polar surface area (TPSA) is 21.3 Å². The number of methoxy groups -OCH3 is 1. The molecule has 0 saturated carbocycles. The van der Waals surface area contributed by atoms with Gasteiger partial charge in [0.25, 0.3) is 0 Å². The third kappa shape index (κ3) is 4.82. The zero-order valence-corrected chi connectivity index (χ0v) is 12.9. The van der Waals surface area contributed by atoms with Crippen LogP contribution in [0.5, 0.6) is 5.75 Å². The van der Waals surface area contributed by atoms with Gasteiger partial charge in [0.1, 0.15) is 5.75 Å². The molecule has 0 bridgehead atoms. The van der Waals surface area contributed by atoms with Crippen molar-refractivity contribution in [2.45, 2.75) is 12.7 Å². The Kier molecular flexibility index (Phi) is 5.81. The summed E-state index contributed by atoms with van der Waals surface area (Å²) in [6.07, 6.45) is 0. The van der Waals surface area contributed by atoms with Gasteiger partial charge in [-0.25, -0.2) is 0 Å². The molecule has 0 fully saturated rings. The predicted octanol–water partition coefficient (Wildman–Crippen LogP) is 4.35. The van der Waals surface area contributed by atoms with Crippen molar-refractivity contribution in [2.24, 2.45) is 0 Å². The number of benzene rings is 2. The monoisotopic (exact) mass is 287 g/mol. The lowest BCUT2D eigenvalue weighted by Crippen LogP contribution is -2.04. The fourth-order valence-corrected chi connectivity index (χ4v) is 2.69. The Hall–Kier alpha value is -1.61. The highest BCUT2D eigenvalue weighted by Crippen LogP contribution is 2.17. The van der Waals surface area contributed by atoms with Crippen LogP contribution >= 0.6 is 11.8 Å². The smallest absolute Gasteiger partial charge is 0.120 e. The van der Waals surface area contributed by atoms with Gasteiger partial charge in [0, 0.05) is 29.8 Å². The van der Waals surface area contributed by atoms with E-state index in [-0.39, 0.29) is 0 Å². The maximum absolute atomic E-state index is 5.20. The van der Waals surface area contributed by atoms with E-state index in [2.05, 4.69) is 42.6 Å². The van der Waals surface area contributed by atoms with Crippen LogP contribution in [-0.2, 0) is 5.75 Å². The molecule has 1 N–H and O–H groups in total. The Bertz CT molecular complexity index is 525. The molecule has 2 rings (SSSR count). The van der Waals surface area contributed by atoms with E-state index in [1.165, 1.54) is 11.1 Å². The minimum Gasteiger partial charge on any atom is -0.497 e. The molecule has 0 radical (unpaired) electrons. The van der Waals surface area contributed by atoms with Crippen LogP contribution in [0, 0.1) is 6.92 Å². The number of anilines is 1. The molecule has 0 unspecified atom stereocenters. The Morgan fingerprint density at radius 2 is 1.90 bits per heavy atom. The highest BCUT2D eigenvalue weighted by Gasteiger charge is 1.96. The second kappa shape index (κ2) is 7.85. The largest absolute Gasteiger partial charge is 0.497 e. The van der Waals surface area contributed by atoms with Gasteiger partial charge in [-0.1, -0.05) is 35.9 Å². The summed E-state index contributed by atoms with van der Waals surface area (Å²) in [5.41, 5.74) is 3.82. The zero-order valence-electron chi connectivity index (χ0n) is 12.1. The lowest BCUT2D eigenvalue weighted by molar-refractivity contribution is 0.415. The number of ether oxygens (including phenoxy) is 1. The molecule has 2 aromatic carbocycles. The Morgan fingerprint density at radius 1 is 1.10 bits per heavy atom. The summed E-state index contributed by atoms with van der Waals surface area (Å²) in [5.74, 6) is 3.05. The molecule has 2 nitrogen and oxygen atoms in total. The number of rotatable bonds is 7. The lowest BCUT2D eigenvalue weighted by Gasteiger charge is -2.08. The summed E-state index contributed by atoms with van der Waals surface area (Å²) in [6, 6.07) is 16.8. The molecule has 3 heteroatoms. The van der Waals surface area contributed by atoms with Gasteiger partial charge >= 0.3 is 0 Å². The van der Waals surface area contributed by atoms with E-state index >= 15 is 0 Å². The minimum atomic E-state index is 0.891. The van der Waals surface area contributed by atoms with Crippen molar-refractivity contribution in [3.05, 3.63) is 59.7 Å². The van der Waals surface area contributed by atoms with E-state index in [9.17, 15) is 0 Å². The third-order valence-corrected chi connectivity index (χ3v) is 4.06. The number of nitrogens with one attached hydrogen (secondary N) is 1. The maximum Gasteiger partial charge on any atom is 0.120 e. The van der Waals surface area contributed by atoms with Crippen LogP contribution in [0.25, 0.3) is 0 Å². The van der Waals surface area contributed by atoms with Crippen LogP contribution in [0.1, 0.15) is 11.1 Å². The van der Waals surface area contributed by atoms with Crippen molar-refractivity contribution in [2.75, 3.05) is 24.7 Å². The number of aryl methyl sites for hydroxylation is 1. The fraction of sp³-hybridized carbons (Fsp3) is 0.294. The molecule has 0 aliphatic heterocycles. The summed E-state index contributed by atoms with van der Waals surface area (Å²) in [7, 11) is 1.69. The van der Waals surface area contributed by atoms with E-state index in [1.54, 1.807) is 7.11 Å². The van der Waals surface area contributed by atoms with Crippen LogP contribution in [0.15, 0.2) is 48.5 Å². The molecule has 20 heavy (non-hydrogen) atoms. The molecule has 0 atom stereocenters. The van der Waals surface area contributed by atoms with Crippen LogP contribution < -0.4 is 10.1 Å². The third-order valence-electron chi connectivity index (χ3n) is 3.03. The van der Waals surface area contributed by atoms with Crippen molar-refractivity contribution >= 4 is 17.4 Å². The van der Waals surface area contributed by atoms with Crippen LogP contribution in [0.4, 0.5) is 5.69 Å². The summed E-state index contributed by atoms with van der Waals surface area (Å²) < 4.78 is 5.20. The molecule has 0 aliphatic carbocycles. The number of thioether (sulfide) groups is 1. The van der Waals surface area contributed by atoms with Gasteiger partial charge < -0.3 is 10.1 Å². The van der Waals surface area contributed by atoms with Crippen molar-refractivity contribution in [3.63, 3.8) is 0 Å². The molecule has 0 aliphatic rings. The molecular formula is C17H21NOS. The molecule has 0 saturated heterocycles. The molecule has 0 spiro atoms. The Balaban J connectivity index is 1.67. The van der Waals surface area contributed by atoms with Gasteiger partial charge in [-0.2, -0.15) is 11.8 Å². The normalized spacial score (nSPS) is 10.3. The molecule has 0 amide bonds. The summed E-state index contributed by atoms with van der Waals surface area (Å²) in [4.78, 5) is 0. The fourth-order valence-electron chi connectivity index (χ4n) is 1.87. The van der Waals surface area contributed by atoms with E-state index < -0.39 is 0 Å².